The fourth-order valence-electron chi connectivity index (χ4n) is 3.85. The molecule has 0 unspecified atom stereocenters. The standard InChI is InChI=1S/C19H23ClN2O3/c1-2-18(24)22-9-7-21(8-10-22)16-6-4-3-5-14(16)15-11-13(19(20)25)12-17(15)23/h3-6,13,15H,2,7-12H2,1H3/t13-,15-/m0/s1. The minimum absolute atomic E-state index is 0.0891. The summed E-state index contributed by atoms with van der Waals surface area (Å²) >= 11 is 5.61. The van der Waals surface area contributed by atoms with E-state index in [-0.39, 0.29) is 29.9 Å². The molecule has 0 N–H and O–H groups in total. The maximum atomic E-state index is 12.4. The lowest BCUT2D eigenvalue weighted by Crippen LogP contribution is -2.49. The van der Waals surface area contributed by atoms with Crippen molar-refractivity contribution in [3.8, 4) is 0 Å². The van der Waals surface area contributed by atoms with Gasteiger partial charge >= 0.3 is 0 Å². The molecule has 2 fully saturated rings. The number of anilines is 1. The van der Waals surface area contributed by atoms with Gasteiger partial charge in [0.15, 0.2) is 0 Å². The van der Waals surface area contributed by atoms with E-state index in [1.54, 1.807) is 0 Å². The van der Waals surface area contributed by atoms with E-state index in [0.29, 0.717) is 25.9 Å². The summed E-state index contributed by atoms with van der Waals surface area (Å²) in [5, 5.41) is -0.417. The first-order chi connectivity index (χ1) is 12.0. The van der Waals surface area contributed by atoms with Gasteiger partial charge in [-0.05, 0) is 29.7 Å². The third-order valence-electron chi connectivity index (χ3n) is 5.27. The Morgan fingerprint density at radius 3 is 2.44 bits per heavy atom. The zero-order valence-corrected chi connectivity index (χ0v) is 15.2. The number of carbonyl (C=O) groups excluding carboxylic acids is 3. The van der Waals surface area contributed by atoms with Crippen LogP contribution >= 0.6 is 11.6 Å². The van der Waals surface area contributed by atoms with Crippen molar-refractivity contribution < 1.29 is 14.4 Å². The Labute approximate surface area is 152 Å². The van der Waals surface area contributed by atoms with Gasteiger partial charge in [0.25, 0.3) is 0 Å². The van der Waals surface area contributed by atoms with Gasteiger partial charge in [0, 0.05) is 56.5 Å². The molecule has 25 heavy (non-hydrogen) atoms. The zero-order chi connectivity index (χ0) is 18.0. The highest BCUT2D eigenvalue weighted by Crippen LogP contribution is 2.40. The van der Waals surface area contributed by atoms with Crippen molar-refractivity contribution in [1.82, 2.24) is 4.90 Å². The van der Waals surface area contributed by atoms with Crippen LogP contribution in [0.1, 0.15) is 37.7 Å². The number of hydrogen-bond acceptors (Lipinski definition) is 4. The van der Waals surface area contributed by atoms with Crippen molar-refractivity contribution in [3.05, 3.63) is 29.8 Å². The minimum Gasteiger partial charge on any atom is -0.368 e. The Bertz CT molecular complexity index is 683. The van der Waals surface area contributed by atoms with E-state index in [9.17, 15) is 14.4 Å². The molecule has 1 aromatic carbocycles. The zero-order valence-electron chi connectivity index (χ0n) is 14.4. The Morgan fingerprint density at radius 2 is 1.84 bits per heavy atom. The van der Waals surface area contributed by atoms with Crippen molar-refractivity contribution >= 4 is 34.2 Å². The molecule has 0 radical (unpaired) electrons. The summed E-state index contributed by atoms with van der Waals surface area (Å²) in [7, 11) is 0. The molecule has 1 saturated heterocycles. The van der Waals surface area contributed by atoms with Gasteiger partial charge < -0.3 is 9.80 Å². The van der Waals surface area contributed by atoms with Crippen LogP contribution < -0.4 is 4.90 Å². The van der Waals surface area contributed by atoms with Crippen molar-refractivity contribution in [2.75, 3.05) is 31.1 Å². The van der Waals surface area contributed by atoms with Gasteiger partial charge in [-0.1, -0.05) is 25.1 Å². The van der Waals surface area contributed by atoms with Gasteiger partial charge in [-0.25, -0.2) is 0 Å². The number of para-hydroxylation sites is 1. The molecule has 2 aliphatic rings. The molecule has 2 atom stereocenters. The first-order valence-corrected chi connectivity index (χ1v) is 9.22. The molecule has 1 aliphatic heterocycles. The van der Waals surface area contributed by atoms with Crippen LogP contribution in [0.3, 0.4) is 0 Å². The Hall–Kier alpha value is -1.88. The lowest BCUT2D eigenvalue weighted by atomic mass is 9.93. The SMILES string of the molecule is CCC(=O)N1CCN(c2ccccc2[C@@H]2C[C@H](C(=O)Cl)CC2=O)CC1. The molecule has 3 rings (SSSR count). The van der Waals surface area contributed by atoms with E-state index < -0.39 is 5.24 Å². The molecule has 1 aromatic rings. The monoisotopic (exact) mass is 362 g/mol. The highest BCUT2D eigenvalue weighted by Gasteiger charge is 2.38. The van der Waals surface area contributed by atoms with Gasteiger partial charge in [-0.2, -0.15) is 0 Å². The summed E-state index contributed by atoms with van der Waals surface area (Å²) in [5.74, 6) is -0.362. The Kier molecular flexibility index (Phi) is 5.42. The number of Topliss-reactive ketones (excluding diaryl/α,β-unsaturated/α-hetero) is 1. The van der Waals surface area contributed by atoms with E-state index in [2.05, 4.69) is 4.90 Å². The van der Waals surface area contributed by atoms with Gasteiger partial charge in [-0.15, -0.1) is 0 Å². The van der Waals surface area contributed by atoms with Crippen LogP contribution in [0, 0.1) is 5.92 Å². The van der Waals surface area contributed by atoms with E-state index in [0.717, 1.165) is 24.3 Å². The predicted molar refractivity (Wildman–Crippen MR) is 96.9 cm³/mol. The summed E-state index contributed by atoms with van der Waals surface area (Å²) in [4.78, 5) is 39.8. The van der Waals surface area contributed by atoms with Crippen LogP contribution in [0.2, 0.25) is 0 Å². The molecule has 5 nitrogen and oxygen atoms in total. The second kappa shape index (κ2) is 7.56. The van der Waals surface area contributed by atoms with Gasteiger partial charge in [0.05, 0.1) is 0 Å². The van der Waals surface area contributed by atoms with Crippen LogP contribution in [-0.2, 0) is 14.4 Å². The number of ketones is 1. The number of hydrogen-bond donors (Lipinski definition) is 0. The molecule has 134 valence electrons. The van der Waals surface area contributed by atoms with Gasteiger partial charge in [0.2, 0.25) is 11.1 Å². The molecule has 1 heterocycles. The van der Waals surface area contributed by atoms with Crippen molar-refractivity contribution in [3.63, 3.8) is 0 Å². The molecule has 1 saturated carbocycles. The number of carbonyl (C=O) groups is 3. The van der Waals surface area contributed by atoms with E-state index in [1.807, 2.05) is 36.1 Å². The van der Waals surface area contributed by atoms with Crippen molar-refractivity contribution in [2.24, 2.45) is 5.92 Å². The molecule has 1 amide bonds. The first-order valence-electron chi connectivity index (χ1n) is 8.85. The first kappa shape index (κ1) is 17.9. The third-order valence-corrected chi connectivity index (χ3v) is 5.57. The smallest absolute Gasteiger partial charge is 0.225 e. The second-order valence-electron chi connectivity index (χ2n) is 6.74. The lowest BCUT2D eigenvalue weighted by molar-refractivity contribution is -0.131. The number of nitrogens with zero attached hydrogens (tertiary/aromatic N) is 2. The summed E-state index contributed by atoms with van der Waals surface area (Å²) in [6.45, 7) is 4.78. The summed E-state index contributed by atoms with van der Waals surface area (Å²) in [6, 6.07) is 7.89. The summed E-state index contributed by atoms with van der Waals surface area (Å²) in [6.07, 6.45) is 1.26. The summed E-state index contributed by atoms with van der Waals surface area (Å²) in [5.41, 5.74) is 2.01. The quantitative estimate of drug-likeness (QED) is 0.772. The average Bonchev–Trinajstić information content (AvgIpc) is 3.03. The number of piperazine rings is 1. The highest BCUT2D eigenvalue weighted by molar-refractivity contribution is 6.64. The van der Waals surface area contributed by atoms with Crippen LogP contribution in [0.25, 0.3) is 0 Å². The molecule has 1 aliphatic carbocycles. The van der Waals surface area contributed by atoms with Crippen LogP contribution in [0.5, 0.6) is 0 Å². The van der Waals surface area contributed by atoms with Gasteiger partial charge in [-0.3, -0.25) is 14.4 Å². The van der Waals surface area contributed by atoms with E-state index >= 15 is 0 Å². The maximum Gasteiger partial charge on any atom is 0.225 e. The van der Waals surface area contributed by atoms with Crippen LogP contribution in [0.4, 0.5) is 5.69 Å². The fourth-order valence-corrected chi connectivity index (χ4v) is 4.01. The van der Waals surface area contributed by atoms with Crippen LogP contribution in [0.15, 0.2) is 24.3 Å². The normalized spacial score (nSPS) is 23.8. The molecule has 0 spiro atoms. The number of rotatable bonds is 4. The fraction of sp³-hybridized carbons (Fsp3) is 0.526. The minimum atomic E-state index is -0.417. The molecule has 6 heteroatoms. The predicted octanol–water partition coefficient (Wildman–Crippen LogP) is 2.57. The Morgan fingerprint density at radius 1 is 1.16 bits per heavy atom. The molecular weight excluding hydrogens is 340 g/mol. The molecule has 0 aromatic heterocycles. The topological polar surface area (TPSA) is 57.7 Å². The number of halogens is 1. The van der Waals surface area contributed by atoms with Crippen molar-refractivity contribution in [1.29, 1.82) is 0 Å². The van der Waals surface area contributed by atoms with E-state index in [1.165, 1.54) is 0 Å². The molecular formula is C19H23ClN2O3. The Balaban J connectivity index is 1.77. The third kappa shape index (κ3) is 3.71. The second-order valence-corrected chi connectivity index (χ2v) is 7.11. The van der Waals surface area contributed by atoms with E-state index in [4.69, 9.17) is 11.6 Å². The average molecular weight is 363 g/mol. The number of benzene rings is 1. The lowest BCUT2D eigenvalue weighted by Gasteiger charge is -2.37. The largest absolute Gasteiger partial charge is 0.368 e. The van der Waals surface area contributed by atoms with Crippen LogP contribution in [-0.4, -0.2) is 48.0 Å². The maximum absolute atomic E-state index is 12.4. The van der Waals surface area contributed by atoms with Crippen molar-refractivity contribution in [2.45, 2.75) is 32.1 Å². The number of amides is 1. The van der Waals surface area contributed by atoms with Gasteiger partial charge in [0.1, 0.15) is 5.78 Å². The summed E-state index contributed by atoms with van der Waals surface area (Å²) < 4.78 is 0. The molecule has 0 bridgehead atoms. The highest BCUT2D eigenvalue weighted by atomic mass is 35.5.